The number of rotatable bonds is 4. The average molecular weight is 350 g/mol. The Kier molecular flexibility index (Phi) is 5.57. The van der Waals surface area contributed by atoms with E-state index in [9.17, 15) is 14.0 Å². The molecule has 0 spiro atoms. The van der Waals surface area contributed by atoms with E-state index < -0.39 is 23.8 Å². The van der Waals surface area contributed by atoms with Crippen LogP contribution in [0.25, 0.3) is 0 Å². The molecule has 2 rings (SSSR count). The van der Waals surface area contributed by atoms with Crippen LogP contribution in [-0.2, 0) is 9.53 Å². The maximum absolute atomic E-state index is 13.7. The second kappa shape index (κ2) is 7.45. The molecule has 0 bridgehead atoms. The highest BCUT2D eigenvalue weighted by Crippen LogP contribution is 2.22. The Bertz CT molecular complexity index is 751. The Hall–Kier alpha value is -2.40. The molecule has 126 valence electrons. The number of nitrogens with one attached hydrogen (secondary N) is 1. The van der Waals surface area contributed by atoms with Crippen LogP contribution < -0.4 is 5.32 Å². The van der Waals surface area contributed by atoms with Gasteiger partial charge < -0.3 is 10.1 Å². The van der Waals surface area contributed by atoms with Crippen molar-refractivity contribution in [2.45, 2.75) is 26.9 Å². The highest BCUT2D eigenvalue weighted by atomic mass is 35.5. The van der Waals surface area contributed by atoms with Gasteiger partial charge in [0, 0.05) is 5.69 Å². The minimum Gasteiger partial charge on any atom is -0.449 e. The first-order valence-corrected chi connectivity index (χ1v) is 7.71. The smallest absolute Gasteiger partial charge is 0.343 e. The number of esters is 1. The fourth-order valence-electron chi connectivity index (χ4n) is 2.20. The number of para-hydroxylation sites is 1. The van der Waals surface area contributed by atoms with Crippen molar-refractivity contribution in [3.63, 3.8) is 0 Å². The maximum Gasteiger partial charge on any atom is 0.343 e. The number of aryl methyl sites for hydroxylation is 2. The molecule has 1 N–H and O–H groups in total. The summed E-state index contributed by atoms with van der Waals surface area (Å²) in [4.78, 5) is 24.3. The van der Waals surface area contributed by atoms with Crippen LogP contribution in [0.15, 0.2) is 36.4 Å². The van der Waals surface area contributed by atoms with Gasteiger partial charge in [-0.2, -0.15) is 0 Å². The van der Waals surface area contributed by atoms with E-state index in [0.29, 0.717) is 5.69 Å². The second-order valence-corrected chi connectivity index (χ2v) is 5.81. The van der Waals surface area contributed by atoms with Crippen LogP contribution in [0.3, 0.4) is 0 Å². The molecule has 0 saturated heterocycles. The minimum atomic E-state index is -1.10. The molecule has 0 aliphatic heterocycles. The molecular formula is C18H17ClFNO3. The molecule has 4 nitrogen and oxygen atoms in total. The van der Waals surface area contributed by atoms with Crippen molar-refractivity contribution in [2.24, 2.45) is 0 Å². The van der Waals surface area contributed by atoms with Crippen LogP contribution in [0, 0.1) is 19.7 Å². The number of benzene rings is 2. The number of anilines is 1. The van der Waals surface area contributed by atoms with Crippen LogP contribution in [0.5, 0.6) is 0 Å². The third-order valence-electron chi connectivity index (χ3n) is 3.55. The van der Waals surface area contributed by atoms with Crippen molar-refractivity contribution < 1.29 is 18.7 Å². The number of halogens is 2. The Morgan fingerprint density at radius 2 is 1.71 bits per heavy atom. The zero-order chi connectivity index (χ0) is 17.9. The van der Waals surface area contributed by atoms with Crippen molar-refractivity contribution >= 4 is 29.2 Å². The first kappa shape index (κ1) is 17.9. The van der Waals surface area contributed by atoms with Gasteiger partial charge in [0.1, 0.15) is 11.4 Å². The van der Waals surface area contributed by atoms with E-state index in [1.54, 1.807) is 0 Å². The van der Waals surface area contributed by atoms with E-state index in [0.717, 1.165) is 17.2 Å². The molecule has 0 fully saturated rings. The summed E-state index contributed by atoms with van der Waals surface area (Å²) in [5.74, 6) is -2.29. The van der Waals surface area contributed by atoms with E-state index in [1.807, 2.05) is 32.0 Å². The Morgan fingerprint density at radius 3 is 2.29 bits per heavy atom. The maximum atomic E-state index is 13.7. The van der Waals surface area contributed by atoms with Crippen molar-refractivity contribution in [3.8, 4) is 0 Å². The van der Waals surface area contributed by atoms with Gasteiger partial charge in [0.25, 0.3) is 5.91 Å². The summed E-state index contributed by atoms with van der Waals surface area (Å²) in [6, 6.07) is 9.46. The molecule has 0 saturated carbocycles. The van der Waals surface area contributed by atoms with Gasteiger partial charge in [-0.25, -0.2) is 9.18 Å². The predicted molar refractivity (Wildman–Crippen MR) is 90.8 cm³/mol. The third kappa shape index (κ3) is 3.92. The summed E-state index contributed by atoms with van der Waals surface area (Å²) in [7, 11) is 0. The quantitative estimate of drug-likeness (QED) is 0.838. The van der Waals surface area contributed by atoms with Gasteiger partial charge in [-0.1, -0.05) is 35.9 Å². The number of amides is 1. The molecule has 2 aromatic carbocycles. The van der Waals surface area contributed by atoms with Gasteiger partial charge in [0.2, 0.25) is 0 Å². The molecule has 0 radical (unpaired) electrons. The van der Waals surface area contributed by atoms with Gasteiger partial charge in [0.15, 0.2) is 6.10 Å². The number of hydrogen-bond donors (Lipinski definition) is 1. The van der Waals surface area contributed by atoms with Crippen LogP contribution in [0.4, 0.5) is 10.1 Å². The molecule has 2 aromatic rings. The van der Waals surface area contributed by atoms with Crippen LogP contribution in [0.1, 0.15) is 28.4 Å². The normalized spacial score (nSPS) is 11.7. The zero-order valence-electron chi connectivity index (χ0n) is 13.5. The third-order valence-corrected chi connectivity index (χ3v) is 3.86. The fraction of sp³-hybridized carbons (Fsp3) is 0.222. The highest BCUT2D eigenvalue weighted by molar-refractivity contribution is 6.33. The van der Waals surface area contributed by atoms with Crippen molar-refractivity contribution in [2.75, 3.05) is 5.32 Å². The molecule has 1 amide bonds. The molecule has 1 unspecified atom stereocenters. The van der Waals surface area contributed by atoms with Gasteiger partial charge in [0.05, 0.1) is 5.02 Å². The van der Waals surface area contributed by atoms with E-state index in [1.165, 1.54) is 19.1 Å². The molecule has 0 aromatic heterocycles. The number of carbonyl (C=O) groups excluding carboxylic acids is 2. The zero-order valence-corrected chi connectivity index (χ0v) is 14.3. The Labute approximate surface area is 144 Å². The lowest BCUT2D eigenvalue weighted by molar-refractivity contribution is -0.123. The largest absolute Gasteiger partial charge is 0.449 e. The molecule has 0 aliphatic carbocycles. The lowest BCUT2D eigenvalue weighted by Gasteiger charge is -2.16. The standard InChI is InChI=1S/C18H17ClFNO3/c1-10-6-4-7-11(2)16(10)21-17(22)12(3)24-18(23)15-13(19)8-5-9-14(15)20/h4-9,12H,1-3H3,(H,21,22). The summed E-state index contributed by atoms with van der Waals surface area (Å²) >= 11 is 5.82. The van der Waals surface area contributed by atoms with Gasteiger partial charge in [-0.15, -0.1) is 0 Å². The summed E-state index contributed by atoms with van der Waals surface area (Å²) in [6.07, 6.45) is -1.10. The molecule has 6 heteroatoms. The lowest BCUT2D eigenvalue weighted by atomic mass is 10.1. The van der Waals surface area contributed by atoms with Crippen molar-refractivity contribution in [1.82, 2.24) is 0 Å². The first-order valence-electron chi connectivity index (χ1n) is 7.33. The molecular weight excluding hydrogens is 333 g/mol. The van der Waals surface area contributed by atoms with E-state index in [-0.39, 0.29) is 10.6 Å². The van der Waals surface area contributed by atoms with Crippen LogP contribution >= 0.6 is 11.6 Å². The molecule has 24 heavy (non-hydrogen) atoms. The van der Waals surface area contributed by atoms with Gasteiger partial charge in [-0.05, 0) is 44.0 Å². The van der Waals surface area contributed by atoms with Crippen LogP contribution in [0.2, 0.25) is 5.02 Å². The van der Waals surface area contributed by atoms with E-state index in [4.69, 9.17) is 16.3 Å². The SMILES string of the molecule is Cc1cccc(C)c1NC(=O)C(C)OC(=O)c1c(F)cccc1Cl. The molecule has 0 aliphatic rings. The van der Waals surface area contributed by atoms with E-state index in [2.05, 4.69) is 5.32 Å². The summed E-state index contributed by atoms with van der Waals surface area (Å²) < 4.78 is 18.8. The average Bonchev–Trinajstić information content (AvgIpc) is 2.50. The lowest BCUT2D eigenvalue weighted by Crippen LogP contribution is -2.30. The highest BCUT2D eigenvalue weighted by Gasteiger charge is 2.23. The van der Waals surface area contributed by atoms with Gasteiger partial charge in [-0.3, -0.25) is 4.79 Å². The summed E-state index contributed by atoms with van der Waals surface area (Å²) in [5.41, 5.74) is 2.05. The van der Waals surface area contributed by atoms with Crippen molar-refractivity contribution in [3.05, 3.63) is 63.9 Å². The minimum absolute atomic E-state index is 0.0673. The van der Waals surface area contributed by atoms with E-state index >= 15 is 0 Å². The topological polar surface area (TPSA) is 55.4 Å². The monoisotopic (exact) mass is 349 g/mol. The molecule has 1 atom stereocenters. The summed E-state index contributed by atoms with van der Waals surface area (Å²) in [6.45, 7) is 5.13. The number of ether oxygens (including phenoxy) is 1. The Morgan fingerprint density at radius 1 is 1.12 bits per heavy atom. The first-order chi connectivity index (χ1) is 11.3. The summed E-state index contributed by atoms with van der Waals surface area (Å²) in [5, 5.41) is 2.65. The Balaban J connectivity index is 2.10. The second-order valence-electron chi connectivity index (χ2n) is 5.40. The number of hydrogen-bond acceptors (Lipinski definition) is 3. The van der Waals surface area contributed by atoms with Crippen molar-refractivity contribution in [1.29, 1.82) is 0 Å². The number of carbonyl (C=O) groups is 2. The van der Waals surface area contributed by atoms with Crippen LogP contribution in [-0.4, -0.2) is 18.0 Å². The predicted octanol–water partition coefficient (Wildman–Crippen LogP) is 4.28. The molecule has 0 heterocycles. The fourth-order valence-corrected chi connectivity index (χ4v) is 2.44. The van der Waals surface area contributed by atoms with Gasteiger partial charge >= 0.3 is 5.97 Å².